The first-order chi connectivity index (χ1) is 20.4. The van der Waals surface area contributed by atoms with Gasteiger partial charge in [0.25, 0.3) is 0 Å². The molecule has 0 bridgehead atoms. The normalized spacial score (nSPS) is 18.8. The van der Waals surface area contributed by atoms with Crippen molar-refractivity contribution in [3.63, 3.8) is 0 Å². The molecule has 4 aromatic rings. The molecule has 1 fully saturated rings. The molecule has 12 heteroatoms. The fraction of sp³-hybridized carbons (Fsp3) is 0.258. The largest absolute Gasteiger partial charge is 0.476 e. The van der Waals surface area contributed by atoms with Crippen molar-refractivity contribution < 1.29 is 27.1 Å². The van der Waals surface area contributed by atoms with Crippen LogP contribution in [0, 0.1) is 11.7 Å². The molecule has 0 radical (unpaired) electrons. The van der Waals surface area contributed by atoms with Crippen molar-refractivity contribution in [3.8, 4) is 5.13 Å². The predicted molar refractivity (Wildman–Crippen MR) is 159 cm³/mol. The van der Waals surface area contributed by atoms with Crippen LogP contribution in [0.1, 0.15) is 64.8 Å². The smallest absolute Gasteiger partial charge is 0.355 e. The van der Waals surface area contributed by atoms with E-state index >= 15 is 4.39 Å². The lowest BCUT2D eigenvalue weighted by molar-refractivity contribution is 0.0691. The van der Waals surface area contributed by atoms with E-state index in [4.69, 9.17) is 10.2 Å². The minimum Gasteiger partial charge on any atom is -0.476 e. The first-order valence-corrected chi connectivity index (χ1v) is 16.1. The summed E-state index contributed by atoms with van der Waals surface area (Å²) in [5, 5.41) is 21.5. The van der Waals surface area contributed by atoms with Gasteiger partial charge in [-0.05, 0) is 66.5 Å². The molecule has 0 aliphatic heterocycles. The summed E-state index contributed by atoms with van der Waals surface area (Å²) in [5.74, 6) is -2.05. The minimum atomic E-state index is -4.24. The van der Waals surface area contributed by atoms with Gasteiger partial charge in [-0.25, -0.2) is 36.8 Å². The molecule has 0 saturated heterocycles. The molecule has 1 unspecified atom stereocenters. The Morgan fingerprint density at radius 3 is 2.56 bits per heavy atom. The van der Waals surface area contributed by atoms with Gasteiger partial charge in [0.1, 0.15) is 16.5 Å². The van der Waals surface area contributed by atoms with Crippen LogP contribution in [-0.2, 0) is 28.3 Å². The number of nitrogens with zero attached hydrogens (tertiary/aromatic N) is 3. The number of primary sulfonamides is 1. The van der Waals surface area contributed by atoms with Crippen molar-refractivity contribution in [2.75, 3.05) is 0 Å². The molecular weight excluding hydrogens is 594 g/mol. The van der Waals surface area contributed by atoms with Gasteiger partial charge in [0.15, 0.2) is 5.69 Å². The number of carbonyl (C=O) groups is 1. The number of allylic oxidation sites excluding steroid dienone is 4. The molecule has 2 heterocycles. The van der Waals surface area contributed by atoms with Gasteiger partial charge in [-0.2, -0.15) is 5.10 Å². The van der Waals surface area contributed by atoms with E-state index in [0.29, 0.717) is 40.7 Å². The van der Waals surface area contributed by atoms with E-state index < -0.39 is 32.1 Å². The van der Waals surface area contributed by atoms with Gasteiger partial charge < -0.3 is 5.11 Å². The first kappa shape index (κ1) is 29.1. The predicted octanol–water partition coefficient (Wildman–Crippen LogP) is 5.96. The van der Waals surface area contributed by atoms with Crippen LogP contribution >= 0.6 is 11.3 Å². The number of halogens is 2. The SMILES string of the molecule is CC1(c2nn(-c3nc(C(=O)O)cs3)c(CC3CC3)c2Cc2ccc(S(N)(=O)=O)c(F)c2)C=CC(F)=C(c2ccccc2)C1. The summed E-state index contributed by atoms with van der Waals surface area (Å²) in [5.41, 5.74) is 3.11. The van der Waals surface area contributed by atoms with Crippen molar-refractivity contribution in [2.24, 2.45) is 11.1 Å². The molecule has 0 amide bonds. The van der Waals surface area contributed by atoms with E-state index in [2.05, 4.69) is 4.98 Å². The molecule has 2 aromatic heterocycles. The fourth-order valence-electron chi connectivity index (χ4n) is 5.55. The van der Waals surface area contributed by atoms with Crippen molar-refractivity contribution in [1.82, 2.24) is 14.8 Å². The Morgan fingerprint density at radius 2 is 1.93 bits per heavy atom. The Balaban J connectivity index is 1.52. The topological polar surface area (TPSA) is 128 Å². The van der Waals surface area contributed by atoms with Crippen LogP contribution in [0.3, 0.4) is 0 Å². The molecule has 43 heavy (non-hydrogen) atoms. The number of carboxylic acid groups (broad SMARTS) is 1. The Kier molecular flexibility index (Phi) is 7.39. The molecule has 2 aliphatic rings. The zero-order valence-corrected chi connectivity index (χ0v) is 24.8. The van der Waals surface area contributed by atoms with E-state index in [1.807, 2.05) is 37.3 Å². The number of aromatic carboxylic acids is 1. The molecule has 0 spiro atoms. The maximum Gasteiger partial charge on any atom is 0.355 e. The summed E-state index contributed by atoms with van der Waals surface area (Å²) in [4.78, 5) is 15.4. The minimum absolute atomic E-state index is 0.100. The summed E-state index contributed by atoms with van der Waals surface area (Å²) in [7, 11) is -4.24. The molecule has 2 aliphatic carbocycles. The Morgan fingerprint density at radius 1 is 1.19 bits per heavy atom. The molecular formula is C31H28F2N4O4S2. The third-order valence-electron chi connectivity index (χ3n) is 7.94. The van der Waals surface area contributed by atoms with E-state index in [9.17, 15) is 22.7 Å². The van der Waals surface area contributed by atoms with Gasteiger partial charge in [0.2, 0.25) is 15.2 Å². The van der Waals surface area contributed by atoms with Gasteiger partial charge in [0.05, 0.1) is 11.4 Å². The van der Waals surface area contributed by atoms with Crippen molar-refractivity contribution in [3.05, 3.63) is 111 Å². The lowest BCUT2D eigenvalue weighted by Crippen LogP contribution is -2.25. The van der Waals surface area contributed by atoms with Crippen LogP contribution in [0.15, 0.2) is 76.8 Å². The molecule has 8 nitrogen and oxygen atoms in total. The summed E-state index contributed by atoms with van der Waals surface area (Å²) in [6.07, 6.45) is 6.41. The van der Waals surface area contributed by atoms with E-state index in [-0.39, 0.29) is 17.9 Å². The van der Waals surface area contributed by atoms with Crippen LogP contribution in [0.25, 0.3) is 10.7 Å². The number of hydrogen-bond acceptors (Lipinski definition) is 6. The summed E-state index contributed by atoms with van der Waals surface area (Å²) in [6, 6.07) is 13.1. The molecule has 3 N–H and O–H groups in total. The van der Waals surface area contributed by atoms with Crippen LogP contribution in [0.4, 0.5) is 8.78 Å². The first-order valence-electron chi connectivity index (χ1n) is 13.7. The lowest BCUT2D eigenvalue weighted by Gasteiger charge is -2.30. The second-order valence-corrected chi connectivity index (χ2v) is 13.6. The van der Waals surface area contributed by atoms with Crippen molar-refractivity contribution in [2.45, 2.75) is 49.3 Å². The van der Waals surface area contributed by atoms with E-state index in [1.54, 1.807) is 10.8 Å². The van der Waals surface area contributed by atoms with Crippen LogP contribution < -0.4 is 5.14 Å². The highest BCUT2D eigenvalue weighted by atomic mass is 32.2. The van der Waals surface area contributed by atoms with E-state index in [1.165, 1.54) is 17.5 Å². The van der Waals surface area contributed by atoms with Crippen molar-refractivity contribution >= 4 is 32.9 Å². The van der Waals surface area contributed by atoms with E-state index in [0.717, 1.165) is 53.1 Å². The fourth-order valence-corrected chi connectivity index (χ4v) is 6.91. The third kappa shape index (κ3) is 5.82. The Labute approximate surface area is 251 Å². The summed E-state index contributed by atoms with van der Waals surface area (Å²) >= 11 is 1.15. The number of nitrogens with two attached hydrogens (primary N) is 1. The van der Waals surface area contributed by atoms with Gasteiger partial charge in [-0.1, -0.05) is 49.4 Å². The average Bonchev–Trinajstić information content (AvgIpc) is 3.51. The molecule has 1 saturated carbocycles. The second kappa shape index (κ2) is 10.9. The highest BCUT2D eigenvalue weighted by molar-refractivity contribution is 7.89. The van der Waals surface area contributed by atoms with Crippen molar-refractivity contribution in [1.29, 1.82) is 0 Å². The van der Waals surface area contributed by atoms with Crippen LogP contribution in [0.5, 0.6) is 0 Å². The van der Waals surface area contributed by atoms with Crippen LogP contribution in [-0.4, -0.2) is 34.3 Å². The third-order valence-corrected chi connectivity index (χ3v) is 9.70. The maximum absolute atomic E-state index is 15.2. The molecule has 222 valence electrons. The van der Waals surface area contributed by atoms with Gasteiger partial charge >= 0.3 is 5.97 Å². The number of thiazole rings is 1. The molecule has 2 aromatic carbocycles. The number of sulfonamides is 1. The zero-order chi connectivity index (χ0) is 30.5. The van der Waals surface area contributed by atoms with Crippen LogP contribution in [0.2, 0.25) is 0 Å². The average molecular weight is 623 g/mol. The monoisotopic (exact) mass is 622 g/mol. The highest BCUT2D eigenvalue weighted by Gasteiger charge is 2.38. The van der Waals surface area contributed by atoms with Gasteiger partial charge in [-0.3, -0.25) is 0 Å². The molecule has 6 rings (SSSR count). The van der Waals surface area contributed by atoms with Gasteiger partial charge in [-0.15, -0.1) is 11.3 Å². The summed E-state index contributed by atoms with van der Waals surface area (Å²) in [6.45, 7) is 1.96. The number of benzene rings is 2. The quantitative estimate of drug-likeness (QED) is 0.237. The Hall–Kier alpha value is -4.00. The number of rotatable bonds is 9. The lowest BCUT2D eigenvalue weighted by atomic mass is 9.73. The number of hydrogen-bond donors (Lipinski definition) is 2. The standard InChI is InChI=1S/C31H28F2N4O4S2/c1-31(12-11-23(32)22(16-31)20-5-3-2-4-6-20)28-21(13-19-9-10-27(24(33)14-19)43(34,40)41)26(15-18-7-8-18)37(36-28)30-35-25(17-42-30)29(38)39/h2-6,9-12,14,17-18H,7-8,13,15-16H2,1H3,(H,38,39)(H2,34,40,41). The Bertz CT molecular complexity index is 1910. The number of carboxylic acids is 1. The maximum atomic E-state index is 15.2. The highest BCUT2D eigenvalue weighted by Crippen LogP contribution is 2.45. The summed E-state index contributed by atoms with van der Waals surface area (Å²) < 4.78 is 55.5. The zero-order valence-electron chi connectivity index (χ0n) is 23.1. The van der Waals surface area contributed by atoms with Gasteiger partial charge in [0, 0.05) is 22.8 Å². The number of aromatic nitrogens is 3. The second-order valence-electron chi connectivity index (χ2n) is 11.3. The molecule has 1 atom stereocenters.